The highest BCUT2D eigenvalue weighted by Gasteiger charge is 2.26. The van der Waals surface area contributed by atoms with E-state index in [9.17, 15) is 4.79 Å². The van der Waals surface area contributed by atoms with Crippen molar-refractivity contribution in [2.45, 2.75) is 25.3 Å². The van der Waals surface area contributed by atoms with Gasteiger partial charge in [0.25, 0.3) is 0 Å². The number of carbonyl (C=O) groups excluding carboxylic acids is 1. The lowest BCUT2D eigenvalue weighted by atomic mass is 9.95. The molecule has 0 aliphatic carbocycles. The predicted octanol–water partition coefficient (Wildman–Crippen LogP) is 1.59. The second-order valence-electron chi connectivity index (χ2n) is 6.90. The Labute approximate surface area is 148 Å². The maximum Gasteiger partial charge on any atom is 0.323 e. The molecule has 8 nitrogen and oxygen atoms in total. The molecule has 2 aromatic rings. The molecule has 0 aromatic carbocycles. The smallest absolute Gasteiger partial charge is 0.323 e. The summed E-state index contributed by atoms with van der Waals surface area (Å²) in [6.45, 7) is 3.18. The van der Waals surface area contributed by atoms with Crippen LogP contribution in [0.25, 0.3) is 0 Å². The summed E-state index contributed by atoms with van der Waals surface area (Å²) in [5.74, 6) is 0.905. The average Bonchev–Trinajstić information content (AvgIpc) is 3.22. The Bertz CT molecular complexity index is 705. The molecule has 3 rings (SSSR count). The highest BCUT2D eigenvalue weighted by molar-refractivity contribution is 5.88. The molecule has 1 aliphatic rings. The third-order valence-electron chi connectivity index (χ3n) is 4.51. The van der Waals surface area contributed by atoms with E-state index in [0.29, 0.717) is 18.3 Å². The van der Waals surface area contributed by atoms with Crippen LogP contribution in [0.5, 0.6) is 0 Å². The monoisotopic (exact) mass is 345 g/mol. The fourth-order valence-electron chi connectivity index (χ4n) is 3.10. The van der Waals surface area contributed by atoms with Crippen LogP contribution in [0.1, 0.15) is 24.5 Å². The summed E-state index contributed by atoms with van der Waals surface area (Å²) in [5, 5.41) is 11.8. The number of nitrogens with one attached hydrogen (secondary N) is 1. The third kappa shape index (κ3) is 4.60. The maximum absolute atomic E-state index is 12.6. The first-order valence-corrected chi connectivity index (χ1v) is 8.75. The molecule has 0 unspecified atom stereocenters. The molecule has 0 spiro atoms. The first-order chi connectivity index (χ1) is 12.0. The van der Waals surface area contributed by atoms with E-state index in [0.717, 1.165) is 38.2 Å². The minimum atomic E-state index is -0.0847. The van der Waals surface area contributed by atoms with Crippen LogP contribution in [0, 0.1) is 0 Å². The number of nitrogens with zero attached hydrogens (tertiary/aromatic N) is 6. The fraction of sp³-hybridized carbons (Fsp3) is 0.588. The second-order valence-corrected chi connectivity index (χ2v) is 6.90. The fourth-order valence-corrected chi connectivity index (χ4v) is 3.10. The van der Waals surface area contributed by atoms with Crippen LogP contribution < -0.4 is 5.32 Å². The minimum Gasteiger partial charge on any atom is -0.324 e. The van der Waals surface area contributed by atoms with E-state index in [1.807, 2.05) is 59.9 Å². The van der Waals surface area contributed by atoms with Crippen molar-refractivity contribution in [1.82, 2.24) is 29.4 Å². The Morgan fingerprint density at radius 2 is 2.16 bits per heavy atom. The molecular weight excluding hydrogens is 318 g/mol. The average molecular weight is 345 g/mol. The van der Waals surface area contributed by atoms with E-state index < -0.39 is 0 Å². The topological polar surface area (TPSA) is 71.2 Å². The number of aromatic nitrogens is 4. The maximum atomic E-state index is 12.6. The highest BCUT2D eigenvalue weighted by atomic mass is 16.2. The summed E-state index contributed by atoms with van der Waals surface area (Å²) in [6, 6.07) is 3.80. The van der Waals surface area contributed by atoms with Crippen LogP contribution in [0.3, 0.4) is 0 Å². The molecule has 0 saturated carbocycles. The van der Waals surface area contributed by atoms with Gasteiger partial charge in [-0.1, -0.05) is 0 Å². The van der Waals surface area contributed by atoms with Crippen LogP contribution in [-0.4, -0.2) is 69.1 Å². The number of hydrogen-bond donors (Lipinski definition) is 1. The van der Waals surface area contributed by atoms with Crippen molar-refractivity contribution in [1.29, 1.82) is 0 Å². The van der Waals surface area contributed by atoms with E-state index in [4.69, 9.17) is 0 Å². The van der Waals surface area contributed by atoms with Gasteiger partial charge >= 0.3 is 6.03 Å². The lowest BCUT2D eigenvalue weighted by Crippen LogP contribution is -2.41. The quantitative estimate of drug-likeness (QED) is 0.893. The van der Waals surface area contributed by atoms with Crippen LogP contribution >= 0.6 is 0 Å². The Morgan fingerprint density at radius 3 is 2.88 bits per heavy atom. The number of carbonyl (C=O) groups is 1. The molecule has 1 saturated heterocycles. The molecule has 0 bridgehead atoms. The Kier molecular flexibility index (Phi) is 5.37. The summed E-state index contributed by atoms with van der Waals surface area (Å²) in [6.07, 6.45) is 5.91. The van der Waals surface area contributed by atoms with Gasteiger partial charge in [0.15, 0.2) is 5.82 Å². The van der Waals surface area contributed by atoms with E-state index in [1.54, 1.807) is 0 Å². The van der Waals surface area contributed by atoms with Gasteiger partial charge in [-0.2, -0.15) is 10.2 Å². The van der Waals surface area contributed by atoms with Gasteiger partial charge in [-0.05, 0) is 33.0 Å². The molecular formula is C17H27N7O. The second kappa shape index (κ2) is 7.69. The van der Waals surface area contributed by atoms with E-state index in [-0.39, 0.29) is 6.03 Å². The summed E-state index contributed by atoms with van der Waals surface area (Å²) < 4.78 is 3.66. The zero-order valence-electron chi connectivity index (χ0n) is 15.2. The molecule has 2 amide bonds. The van der Waals surface area contributed by atoms with Gasteiger partial charge in [-0.3, -0.25) is 14.7 Å². The molecule has 136 valence electrons. The molecule has 1 N–H and O–H groups in total. The first-order valence-electron chi connectivity index (χ1n) is 8.75. The SMILES string of the molecule is CN(C)CCn1ccc(NC(=O)N2CCC[C@H](c3ccn(C)n3)C2)n1. The zero-order chi connectivity index (χ0) is 17.8. The van der Waals surface area contributed by atoms with Gasteiger partial charge in [0.2, 0.25) is 0 Å². The number of likely N-dealkylation sites (tertiary alicyclic amines) is 1. The summed E-state index contributed by atoms with van der Waals surface area (Å²) in [4.78, 5) is 16.5. The van der Waals surface area contributed by atoms with Crippen molar-refractivity contribution in [3.63, 3.8) is 0 Å². The van der Waals surface area contributed by atoms with E-state index in [2.05, 4.69) is 20.4 Å². The van der Waals surface area contributed by atoms with Gasteiger partial charge in [-0.25, -0.2) is 4.79 Å². The Balaban J connectivity index is 1.55. The minimum absolute atomic E-state index is 0.0847. The number of urea groups is 1. The number of anilines is 1. The van der Waals surface area contributed by atoms with Crippen molar-refractivity contribution in [2.24, 2.45) is 7.05 Å². The van der Waals surface area contributed by atoms with Crippen LogP contribution in [0.15, 0.2) is 24.5 Å². The normalized spacial score (nSPS) is 17.9. The first kappa shape index (κ1) is 17.5. The number of piperidine rings is 1. The highest BCUT2D eigenvalue weighted by Crippen LogP contribution is 2.25. The number of aryl methyl sites for hydroxylation is 1. The number of hydrogen-bond acceptors (Lipinski definition) is 4. The molecule has 2 aromatic heterocycles. The summed E-state index contributed by atoms with van der Waals surface area (Å²) in [5.41, 5.74) is 1.06. The molecule has 1 aliphatic heterocycles. The van der Waals surface area contributed by atoms with Crippen molar-refractivity contribution >= 4 is 11.8 Å². The van der Waals surface area contributed by atoms with Crippen molar-refractivity contribution < 1.29 is 4.79 Å². The van der Waals surface area contributed by atoms with Crippen molar-refractivity contribution in [2.75, 3.05) is 39.0 Å². The molecule has 1 atom stereocenters. The van der Waals surface area contributed by atoms with E-state index in [1.165, 1.54) is 0 Å². The van der Waals surface area contributed by atoms with Crippen LogP contribution in [0.4, 0.5) is 10.6 Å². The van der Waals surface area contributed by atoms with Crippen molar-refractivity contribution in [3.8, 4) is 0 Å². The molecule has 0 radical (unpaired) electrons. The van der Waals surface area contributed by atoms with Crippen LogP contribution in [0.2, 0.25) is 0 Å². The molecule has 3 heterocycles. The largest absolute Gasteiger partial charge is 0.324 e. The summed E-state index contributed by atoms with van der Waals surface area (Å²) in [7, 11) is 5.98. The van der Waals surface area contributed by atoms with Gasteiger partial charge in [0, 0.05) is 51.1 Å². The Hall–Kier alpha value is -2.35. The van der Waals surface area contributed by atoms with Gasteiger partial charge < -0.3 is 9.80 Å². The lowest BCUT2D eigenvalue weighted by Gasteiger charge is -2.31. The number of likely N-dealkylation sites (N-methyl/N-ethyl adjacent to an activating group) is 1. The standard InChI is InChI=1S/C17H27N7O/c1-21(2)11-12-24-10-7-16(20-24)18-17(25)23-8-4-5-14(13-23)15-6-9-22(3)19-15/h6-7,9-10,14H,4-5,8,11-13H2,1-3H3,(H,18,20,25)/t14-/m0/s1. The van der Waals surface area contributed by atoms with E-state index >= 15 is 0 Å². The van der Waals surface area contributed by atoms with Crippen LogP contribution in [-0.2, 0) is 13.6 Å². The molecule has 25 heavy (non-hydrogen) atoms. The predicted molar refractivity (Wildman–Crippen MR) is 96.6 cm³/mol. The zero-order valence-corrected chi connectivity index (χ0v) is 15.2. The van der Waals surface area contributed by atoms with Gasteiger partial charge in [-0.15, -0.1) is 0 Å². The molecule has 1 fully saturated rings. The van der Waals surface area contributed by atoms with Gasteiger partial charge in [0.05, 0.1) is 12.2 Å². The lowest BCUT2D eigenvalue weighted by molar-refractivity contribution is 0.192. The van der Waals surface area contributed by atoms with Gasteiger partial charge in [0.1, 0.15) is 0 Å². The molecule has 8 heteroatoms. The van der Waals surface area contributed by atoms with Crippen molar-refractivity contribution in [3.05, 3.63) is 30.2 Å². The Morgan fingerprint density at radius 1 is 1.32 bits per heavy atom. The third-order valence-corrected chi connectivity index (χ3v) is 4.51. The number of rotatable bonds is 5. The summed E-state index contributed by atoms with van der Waals surface area (Å²) >= 11 is 0. The number of amides is 2.